The fraction of sp³-hybridized carbons (Fsp3) is 0.611. The summed E-state index contributed by atoms with van der Waals surface area (Å²) in [5.74, 6) is -0.280. The van der Waals surface area contributed by atoms with Crippen LogP contribution < -0.4 is 4.72 Å². The van der Waals surface area contributed by atoms with Crippen LogP contribution in [0.1, 0.15) is 45.2 Å². The number of nitrogens with zero attached hydrogens (tertiary/aromatic N) is 1. The van der Waals surface area contributed by atoms with Crippen molar-refractivity contribution in [3.63, 3.8) is 0 Å². The molecule has 0 aliphatic carbocycles. The van der Waals surface area contributed by atoms with Gasteiger partial charge in [-0.15, -0.1) is 4.72 Å². The van der Waals surface area contributed by atoms with E-state index in [1.807, 2.05) is 20.8 Å². The van der Waals surface area contributed by atoms with Gasteiger partial charge in [0.25, 0.3) is 0 Å². The van der Waals surface area contributed by atoms with Crippen LogP contribution in [0.25, 0.3) is 0 Å². The molecule has 1 aliphatic rings. The molecular weight excluding hydrogens is 411 g/mol. The van der Waals surface area contributed by atoms with E-state index in [1.54, 1.807) is 11.0 Å². The Morgan fingerprint density at radius 1 is 1.33 bits per heavy atom. The Hall–Kier alpha value is -0.700. The summed E-state index contributed by atoms with van der Waals surface area (Å²) in [7, 11) is 0. The van der Waals surface area contributed by atoms with Gasteiger partial charge in [-0.25, -0.2) is 0 Å². The number of aliphatic hydroxyl groups excluding tert-OH is 1. The first kappa shape index (κ1) is 22.6. The fourth-order valence-corrected chi connectivity index (χ4v) is 4.32. The van der Waals surface area contributed by atoms with Crippen molar-refractivity contribution in [3.8, 4) is 5.75 Å². The van der Waals surface area contributed by atoms with Gasteiger partial charge in [0.05, 0.1) is 16.1 Å². The number of rotatable bonds is 5. The number of aromatic hydroxyl groups is 1. The van der Waals surface area contributed by atoms with Crippen molar-refractivity contribution in [2.75, 3.05) is 19.7 Å². The number of benzene rings is 1. The van der Waals surface area contributed by atoms with Crippen LogP contribution >= 0.6 is 23.2 Å². The Morgan fingerprint density at radius 3 is 2.41 bits per heavy atom. The molecule has 2 rings (SSSR count). The van der Waals surface area contributed by atoms with Crippen molar-refractivity contribution < 1.29 is 19.6 Å². The smallest absolute Gasteiger partial charge is 0.248 e. The first-order valence-corrected chi connectivity index (χ1v) is 10.7. The number of phenols is 1. The molecule has 3 N–H and O–H groups in total. The highest BCUT2D eigenvalue weighted by molar-refractivity contribution is 7.90. The second-order valence-corrected chi connectivity index (χ2v) is 10.5. The second-order valence-electron chi connectivity index (χ2n) is 7.68. The number of carbonyl (C=O) groups is 1. The van der Waals surface area contributed by atoms with Gasteiger partial charge >= 0.3 is 0 Å². The second kappa shape index (κ2) is 9.20. The van der Waals surface area contributed by atoms with Crippen molar-refractivity contribution in [2.45, 2.75) is 44.4 Å². The van der Waals surface area contributed by atoms with Crippen LogP contribution in [0.15, 0.2) is 12.1 Å². The largest absolute Gasteiger partial charge is 0.598 e. The zero-order chi connectivity index (χ0) is 20.4. The molecule has 9 heteroatoms. The molecule has 0 saturated carbocycles. The summed E-state index contributed by atoms with van der Waals surface area (Å²) < 4.78 is 15.4. The quantitative estimate of drug-likeness (QED) is 0.616. The van der Waals surface area contributed by atoms with Gasteiger partial charge in [0.2, 0.25) is 5.91 Å². The summed E-state index contributed by atoms with van der Waals surface area (Å²) in [6, 6.07) is 2.58. The summed E-state index contributed by atoms with van der Waals surface area (Å²) in [5.41, 5.74) is 0.536. The van der Waals surface area contributed by atoms with E-state index in [-0.39, 0.29) is 22.6 Å². The molecule has 1 amide bonds. The maximum absolute atomic E-state index is 12.7. The normalized spacial score (nSPS) is 18.4. The van der Waals surface area contributed by atoms with E-state index < -0.39 is 28.8 Å². The molecule has 6 nitrogen and oxygen atoms in total. The molecule has 0 radical (unpaired) electrons. The molecule has 2 unspecified atom stereocenters. The van der Waals surface area contributed by atoms with Gasteiger partial charge in [0.1, 0.15) is 17.1 Å². The lowest BCUT2D eigenvalue weighted by Crippen LogP contribution is -2.47. The summed E-state index contributed by atoms with van der Waals surface area (Å²) in [6.07, 6.45) is 1.29. The zero-order valence-electron chi connectivity index (χ0n) is 15.7. The van der Waals surface area contributed by atoms with Crippen LogP contribution in [0.2, 0.25) is 10.0 Å². The summed E-state index contributed by atoms with van der Waals surface area (Å²) in [4.78, 5) is 13.3. The van der Waals surface area contributed by atoms with Crippen molar-refractivity contribution in [1.29, 1.82) is 0 Å². The topological polar surface area (TPSA) is 95.9 Å². The number of aliphatic hydroxyl groups is 1. The standard InChI is InChI=1S/C18H26Cl2N2O4S/c1-18(2,3)27(26)21-17(12-8-13(19)14(20)9-15(12)24)11-4-6-22(7-5-11)16(25)10-23/h8-9,11,17,21,23-24H,4-7,10H2,1-3H3. The molecule has 2 atom stereocenters. The predicted octanol–water partition coefficient (Wildman–Crippen LogP) is 3.02. The van der Waals surface area contributed by atoms with E-state index in [0.717, 1.165) is 0 Å². The van der Waals surface area contributed by atoms with Crippen LogP contribution in [-0.4, -0.2) is 50.0 Å². The van der Waals surface area contributed by atoms with Crippen molar-refractivity contribution in [1.82, 2.24) is 9.62 Å². The van der Waals surface area contributed by atoms with E-state index in [0.29, 0.717) is 36.5 Å². The van der Waals surface area contributed by atoms with E-state index in [1.165, 1.54) is 6.07 Å². The van der Waals surface area contributed by atoms with Gasteiger partial charge in [0.15, 0.2) is 0 Å². The first-order valence-electron chi connectivity index (χ1n) is 8.79. The van der Waals surface area contributed by atoms with Gasteiger partial charge in [-0.2, -0.15) is 0 Å². The summed E-state index contributed by atoms with van der Waals surface area (Å²) in [5, 5.41) is 20.0. The fourth-order valence-electron chi connectivity index (χ4n) is 3.09. The number of halogens is 2. The number of phenolic OH excluding ortho intramolecular Hbond substituents is 1. The Kier molecular flexibility index (Phi) is 7.70. The number of hydrogen-bond donors (Lipinski definition) is 3. The molecule has 1 fully saturated rings. The first-order chi connectivity index (χ1) is 12.5. The zero-order valence-corrected chi connectivity index (χ0v) is 18.0. The minimum Gasteiger partial charge on any atom is -0.598 e. The highest BCUT2D eigenvalue weighted by Crippen LogP contribution is 2.40. The average molecular weight is 437 g/mol. The molecule has 0 aromatic heterocycles. The summed E-state index contributed by atoms with van der Waals surface area (Å²) >= 11 is 10.8. The van der Waals surface area contributed by atoms with Gasteiger partial charge in [-0.05, 0) is 45.6 Å². The molecule has 1 heterocycles. The monoisotopic (exact) mass is 436 g/mol. The molecule has 1 saturated heterocycles. The van der Waals surface area contributed by atoms with Crippen LogP contribution in [0.5, 0.6) is 5.75 Å². The molecule has 1 aromatic carbocycles. The van der Waals surface area contributed by atoms with Crippen molar-refractivity contribution >= 4 is 40.5 Å². The number of nitrogens with one attached hydrogen (secondary N) is 1. The highest BCUT2D eigenvalue weighted by atomic mass is 35.5. The van der Waals surface area contributed by atoms with Crippen LogP contribution in [-0.2, 0) is 16.2 Å². The Balaban J connectivity index is 2.29. The maximum atomic E-state index is 12.7. The minimum atomic E-state index is -1.37. The van der Waals surface area contributed by atoms with E-state index >= 15 is 0 Å². The number of amides is 1. The summed E-state index contributed by atoms with van der Waals surface area (Å²) in [6.45, 7) is 6.08. The molecule has 0 spiro atoms. The SMILES string of the molecule is CC(C)(C)[S+]([O-])NC(c1cc(Cl)c(Cl)cc1O)C1CCN(C(=O)CO)CC1. The van der Waals surface area contributed by atoms with Gasteiger partial charge in [0, 0.05) is 36.1 Å². The van der Waals surface area contributed by atoms with Crippen LogP contribution in [0.4, 0.5) is 0 Å². The van der Waals surface area contributed by atoms with Crippen LogP contribution in [0.3, 0.4) is 0 Å². The maximum Gasteiger partial charge on any atom is 0.248 e. The molecular formula is C18H26Cl2N2O4S. The number of likely N-dealkylation sites (tertiary alicyclic amines) is 1. The minimum absolute atomic E-state index is 0.0123. The van der Waals surface area contributed by atoms with Gasteiger partial charge in [-0.1, -0.05) is 23.2 Å². The lowest BCUT2D eigenvalue weighted by Gasteiger charge is -2.37. The number of carbonyl (C=O) groups excluding carboxylic acids is 1. The Bertz CT molecular complexity index is 676. The molecule has 27 heavy (non-hydrogen) atoms. The third-order valence-corrected chi connectivity index (χ3v) is 7.00. The average Bonchev–Trinajstić information content (AvgIpc) is 2.61. The molecule has 1 aromatic rings. The van der Waals surface area contributed by atoms with E-state index in [2.05, 4.69) is 4.72 Å². The Morgan fingerprint density at radius 2 is 1.89 bits per heavy atom. The number of piperidine rings is 1. The van der Waals surface area contributed by atoms with E-state index in [9.17, 15) is 14.5 Å². The third kappa shape index (κ3) is 5.65. The predicted molar refractivity (Wildman–Crippen MR) is 108 cm³/mol. The van der Waals surface area contributed by atoms with E-state index in [4.69, 9.17) is 28.3 Å². The van der Waals surface area contributed by atoms with Crippen LogP contribution in [0, 0.1) is 5.92 Å². The lowest BCUT2D eigenvalue weighted by molar-refractivity contribution is -0.135. The number of hydrogen-bond acceptors (Lipinski definition) is 5. The third-order valence-electron chi connectivity index (χ3n) is 4.69. The van der Waals surface area contributed by atoms with Crippen molar-refractivity contribution in [3.05, 3.63) is 27.7 Å². The lowest BCUT2D eigenvalue weighted by atomic mass is 9.85. The highest BCUT2D eigenvalue weighted by Gasteiger charge is 2.37. The van der Waals surface area contributed by atoms with Crippen molar-refractivity contribution in [2.24, 2.45) is 5.92 Å². The molecule has 1 aliphatic heterocycles. The van der Waals surface area contributed by atoms with Gasteiger partial charge in [-0.3, -0.25) is 4.79 Å². The van der Waals surface area contributed by atoms with Gasteiger partial charge < -0.3 is 19.7 Å². The molecule has 152 valence electrons. The molecule has 0 bridgehead atoms. The Labute approximate surface area is 173 Å².